The van der Waals surface area contributed by atoms with E-state index in [-0.39, 0.29) is 5.56 Å². The Balaban J connectivity index is 1.43. The van der Waals surface area contributed by atoms with Crippen molar-refractivity contribution in [3.8, 4) is 17.0 Å². The lowest BCUT2D eigenvalue weighted by atomic mass is 10.2. The summed E-state index contributed by atoms with van der Waals surface area (Å²) < 4.78 is 5.81. The number of anilines is 1. The van der Waals surface area contributed by atoms with Gasteiger partial charge in [0, 0.05) is 36.8 Å². The molecule has 0 amide bonds. The monoisotopic (exact) mass is 385 g/mol. The van der Waals surface area contributed by atoms with E-state index < -0.39 is 0 Å². The second kappa shape index (κ2) is 8.79. The van der Waals surface area contributed by atoms with Gasteiger partial charge < -0.3 is 10.1 Å². The number of pyridine rings is 2. The first kappa shape index (κ1) is 18.4. The molecule has 0 bridgehead atoms. The van der Waals surface area contributed by atoms with Crippen LogP contribution in [0.15, 0.2) is 84.0 Å². The Labute approximate surface area is 167 Å². The Morgan fingerprint density at radius 2 is 1.86 bits per heavy atom. The fourth-order valence-electron chi connectivity index (χ4n) is 2.78. The highest BCUT2D eigenvalue weighted by Gasteiger charge is 2.05. The number of nitrogens with one attached hydrogen (secondary N) is 2. The van der Waals surface area contributed by atoms with Crippen molar-refractivity contribution in [2.45, 2.75) is 13.2 Å². The number of hydrogen-bond acceptors (Lipinski definition) is 6. The minimum absolute atomic E-state index is 0.221. The SMILES string of the molecule is O=c1cc(-c2ccncc2)nc(NCc2cccc(OCc3ccccn3)c2)[nH]1. The van der Waals surface area contributed by atoms with Crippen LogP contribution in [0.1, 0.15) is 11.3 Å². The molecule has 3 heterocycles. The lowest BCUT2D eigenvalue weighted by Gasteiger charge is -2.10. The molecular weight excluding hydrogens is 366 g/mol. The largest absolute Gasteiger partial charge is 0.487 e. The van der Waals surface area contributed by atoms with Crippen molar-refractivity contribution < 1.29 is 4.74 Å². The van der Waals surface area contributed by atoms with Crippen molar-refractivity contribution in [1.29, 1.82) is 0 Å². The number of rotatable bonds is 7. The van der Waals surface area contributed by atoms with Gasteiger partial charge in [-0.2, -0.15) is 0 Å². The summed E-state index contributed by atoms with van der Waals surface area (Å²) in [6, 6.07) is 18.6. The number of nitrogens with zero attached hydrogens (tertiary/aromatic N) is 3. The lowest BCUT2D eigenvalue weighted by Crippen LogP contribution is -2.12. The second-order valence-electron chi connectivity index (χ2n) is 6.33. The summed E-state index contributed by atoms with van der Waals surface area (Å²) in [5, 5.41) is 3.16. The highest BCUT2D eigenvalue weighted by Crippen LogP contribution is 2.17. The third-order valence-corrected chi connectivity index (χ3v) is 4.19. The number of hydrogen-bond donors (Lipinski definition) is 2. The standard InChI is InChI=1S/C22H19N5O2/c28-21-13-20(17-7-10-23-11-8-17)26-22(27-21)25-14-16-4-3-6-19(12-16)29-15-18-5-1-2-9-24-18/h1-13H,14-15H2,(H2,25,26,27,28). The van der Waals surface area contributed by atoms with Crippen LogP contribution in [0.5, 0.6) is 5.75 Å². The zero-order valence-corrected chi connectivity index (χ0v) is 15.6. The van der Waals surface area contributed by atoms with Gasteiger partial charge in [0.1, 0.15) is 12.4 Å². The zero-order valence-electron chi connectivity index (χ0n) is 15.6. The van der Waals surface area contributed by atoms with Crippen LogP contribution in [0.4, 0.5) is 5.95 Å². The third-order valence-electron chi connectivity index (χ3n) is 4.19. The molecule has 0 aliphatic heterocycles. The number of H-pyrrole nitrogens is 1. The zero-order chi connectivity index (χ0) is 19.9. The maximum Gasteiger partial charge on any atom is 0.252 e. The molecule has 144 valence electrons. The fraction of sp³-hybridized carbons (Fsp3) is 0.0909. The molecule has 0 unspecified atom stereocenters. The first-order chi connectivity index (χ1) is 14.3. The third kappa shape index (κ3) is 5.04. The molecule has 0 fully saturated rings. The van der Waals surface area contributed by atoms with Crippen molar-refractivity contribution in [1.82, 2.24) is 19.9 Å². The van der Waals surface area contributed by atoms with E-state index in [2.05, 4.69) is 25.3 Å². The van der Waals surface area contributed by atoms with Gasteiger partial charge in [0.2, 0.25) is 5.95 Å². The molecule has 0 spiro atoms. The molecule has 0 saturated carbocycles. The molecule has 7 nitrogen and oxygen atoms in total. The molecule has 7 heteroatoms. The Morgan fingerprint density at radius 3 is 2.69 bits per heavy atom. The molecule has 0 saturated heterocycles. The molecular formula is C22H19N5O2. The fourth-order valence-corrected chi connectivity index (χ4v) is 2.78. The maximum atomic E-state index is 12.0. The van der Waals surface area contributed by atoms with E-state index >= 15 is 0 Å². The van der Waals surface area contributed by atoms with Crippen LogP contribution in [-0.4, -0.2) is 19.9 Å². The minimum atomic E-state index is -0.221. The van der Waals surface area contributed by atoms with E-state index in [1.54, 1.807) is 18.6 Å². The molecule has 0 aliphatic carbocycles. The highest BCUT2D eigenvalue weighted by molar-refractivity contribution is 5.59. The lowest BCUT2D eigenvalue weighted by molar-refractivity contribution is 0.301. The molecule has 3 aromatic heterocycles. The van der Waals surface area contributed by atoms with Crippen LogP contribution in [0.2, 0.25) is 0 Å². The average molecular weight is 385 g/mol. The van der Waals surface area contributed by atoms with Crippen LogP contribution in [0.3, 0.4) is 0 Å². The van der Waals surface area contributed by atoms with E-state index in [1.165, 1.54) is 6.07 Å². The number of aromatic amines is 1. The van der Waals surface area contributed by atoms with Gasteiger partial charge in [-0.25, -0.2) is 4.98 Å². The van der Waals surface area contributed by atoms with Crippen molar-refractivity contribution in [3.63, 3.8) is 0 Å². The Morgan fingerprint density at radius 1 is 0.966 bits per heavy atom. The van der Waals surface area contributed by atoms with Gasteiger partial charge in [0.15, 0.2) is 0 Å². The second-order valence-corrected chi connectivity index (χ2v) is 6.33. The van der Waals surface area contributed by atoms with Crippen LogP contribution in [-0.2, 0) is 13.2 Å². The van der Waals surface area contributed by atoms with Gasteiger partial charge in [-0.05, 0) is 42.0 Å². The molecule has 1 aromatic carbocycles. The normalized spacial score (nSPS) is 10.5. The molecule has 2 N–H and O–H groups in total. The van der Waals surface area contributed by atoms with Gasteiger partial charge in [-0.3, -0.25) is 19.7 Å². The first-order valence-corrected chi connectivity index (χ1v) is 9.13. The first-order valence-electron chi connectivity index (χ1n) is 9.13. The van der Waals surface area contributed by atoms with Crippen LogP contribution < -0.4 is 15.6 Å². The predicted molar refractivity (Wildman–Crippen MR) is 110 cm³/mol. The molecule has 0 atom stereocenters. The summed E-state index contributed by atoms with van der Waals surface area (Å²) in [7, 11) is 0. The molecule has 0 radical (unpaired) electrons. The Bertz CT molecular complexity index is 1130. The predicted octanol–water partition coefficient (Wildman–Crippen LogP) is 3.42. The number of aromatic nitrogens is 4. The van der Waals surface area contributed by atoms with E-state index in [4.69, 9.17) is 4.74 Å². The Hall–Kier alpha value is -4.00. The summed E-state index contributed by atoms with van der Waals surface area (Å²) in [5.41, 5.74) is 3.07. The van der Waals surface area contributed by atoms with E-state index in [9.17, 15) is 4.79 Å². The highest BCUT2D eigenvalue weighted by atomic mass is 16.5. The Kier molecular flexibility index (Phi) is 5.57. The summed E-state index contributed by atoms with van der Waals surface area (Å²) in [6.07, 6.45) is 5.08. The quantitative estimate of drug-likeness (QED) is 0.506. The van der Waals surface area contributed by atoms with Gasteiger partial charge in [0.25, 0.3) is 5.56 Å². The maximum absolute atomic E-state index is 12.0. The molecule has 4 rings (SSSR count). The minimum Gasteiger partial charge on any atom is -0.487 e. The molecule has 29 heavy (non-hydrogen) atoms. The van der Waals surface area contributed by atoms with Gasteiger partial charge in [-0.15, -0.1) is 0 Å². The van der Waals surface area contributed by atoms with E-state index in [0.717, 1.165) is 22.6 Å². The number of benzene rings is 1. The summed E-state index contributed by atoms with van der Waals surface area (Å²) in [5.74, 6) is 1.16. The van der Waals surface area contributed by atoms with Crippen LogP contribution in [0.25, 0.3) is 11.3 Å². The van der Waals surface area contributed by atoms with Crippen molar-refractivity contribution in [2.75, 3.05) is 5.32 Å². The number of ether oxygens (including phenoxy) is 1. The molecule has 0 aliphatic rings. The van der Waals surface area contributed by atoms with Crippen molar-refractivity contribution in [3.05, 3.63) is 101 Å². The van der Waals surface area contributed by atoms with Crippen LogP contribution in [0, 0.1) is 0 Å². The average Bonchev–Trinajstić information content (AvgIpc) is 2.78. The topological polar surface area (TPSA) is 92.8 Å². The van der Waals surface area contributed by atoms with E-state index in [0.29, 0.717) is 24.8 Å². The molecule has 4 aromatic rings. The van der Waals surface area contributed by atoms with Gasteiger partial charge in [0.05, 0.1) is 11.4 Å². The van der Waals surface area contributed by atoms with Gasteiger partial charge in [-0.1, -0.05) is 18.2 Å². The summed E-state index contributed by atoms with van der Waals surface area (Å²) in [6.45, 7) is 0.893. The van der Waals surface area contributed by atoms with Crippen molar-refractivity contribution >= 4 is 5.95 Å². The van der Waals surface area contributed by atoms with Gasteiger partial charge >= 0.3 is 0 Å². The van der Waals surface area contributed by atoms with Crippen molar-refractivity contribution in [2.24, 2.45) is 0 Å². The summed E-state index contributed by atoms with van der Waals surface area (Å²) >= 11 is 0. The summed E-state index contributed by atoms with van der Waals surface area (Å²) in [4.78, 5) is 27.4. The smallest absolute Gasteiger partial charge is 0.252 e. The van der Waals surface area contributed by atoms with Crippen LogP contribution >= 0.6 is 0 Å². The van der Waals surface area contributed by atoms with E-state index in [1.807, 2.05) is 54.6 Å².